The van der Waals surface area contributed by atoms with Crippen molar-refractivity contribution < 1.29 is 0 Å². The summed E-state index contributed by atoms with van der Waals surface area (Å²) in [5.41, 5.74) is 12.9. The number of hydrogen-bond donors (Lipinski definition) is 0. The topological polar surface area (TPSA) is 3.24 Å². The van der Waals surface area contributed by atoms with Crippen molar-refractivity contribution in [2.45, 2.75) is 39.0 Å². The van der Waals surface area contributed by atoms with Crippen molar-refractivity contribution in [2.75, 3.05) is 4.90 Å². The summed E-state index contributed by atoms with van der Waals surface area (Å²) < 4.78 is 0. The van der Waals surface area contributed by atoms with E-state index in [0.717, 1.165) is 5.69 Å². The summed E-state index contributed by atoms with van der Waals surface area (Å²) in [6.45, 7) is 9.36. The highest BCUT2D eigenvalue weighted by atomic mass is 15.1. The average molecular weight is 530 g/mol. The molecule has 0 radical (unpaired) electrons. The molecule has 6 aromatic rings. The highest BCUT2D eigenvalue weighted by Crippen LogP contribution is 2.53. The van der Waals surface area contributed by atoms with Crippen LogP contribution in [0.1, 0.15) is 50.3 Å². The Morgan fingerprint density at radius 1 is 0.537 bits per heavy atom. The summed E-state index contributed by atoms with van der Waals surface area (Å²) in [4.78, 5) is 2.44. The van der Waals surface area contributed by atoms with Gasteiger partial charge in [0, 0.05) is 22.4 Å². The molecule has 0 atom stereocenters. The number of nitrogens with zero attached hydrogens (tertiary/aromatic N) is 1. The molecular weight excluding hydrogens is 494 g/mol. The van der Waals surface area contributed by atoms with Crippen LogP contribution < -0.4 is 4.90 Å². The molecular formula is C40H35N. The number of para-hydroxylation sites is 1. The SMILES string of the molecule is CC(C)c1cccc2c1-c1ccc(N(c3ccccc3)c3cc4ccccc4cc3-c3ccccc3)cc1C2(C)C. The third-order valence-corrected chi connectivity index (χ3v) is 8.80. The Bertz CT molecular complexity index is 1880. The van der Waals surface area contributed by atoms with Crippen molar-refractivity contribution in [3.8, 4) is 22.3 Å². The van der Waals surface area contributed by atoms with Crippen molar-refractivity contribution in [2.24, 2.45) is 0 Å². The molecule has 0 fully saturated rings. The van der Waals surface area contributed by atoms with Gasteiger partial charge >= 0.3 is 0 Å². The van der Waals surface area contributed by atoms with Gasteiger partial charge in [-0.1, -0.05) is 125 Å². The number of benzene rings is 6. The quantitative estimate of drug-likeness (QED) is 0.215. The Kier molecular flexibility index (Phi) is 6.05. The van der Waals surface area contributed by atoms with Crippen LogP contribution in [-0.2, 0) is 5.41 Å². The van der Waals surface area contributed by atoms with E-state index < -0.39 is 0 Å². The number of rotatable bonds is 5. The third kappa shape index (κ3) is 4.16. The maximum absolute atomic E-state index is 2.44. The number of fused-ring (bicyclic) bond motifs is 4. The monoisotopic (exact) mass is 529 g/mol. The van der Waals surface area contributed by atoms with Gasteiger partial charge in [-0.25, -0.2) is 0 Å². The molecule has 6 aromatic carbocycles. The molecule has 0 saturated carbocycles. The molecule has 1 aliphatic carbocycles. The van der Waals surface area contributed by atoms with E-state index >= 15 is 0 Å². The molecule has 0 amide bonds. The molecule has 0 saturated heterocycles. The lowest BCUT2D eigenvalue weighted by Crippen LogP contribution is -2.17. The second-order valence-electron chi connectivity index (χ2n) is 12.0. The second kappa shape index (κ2) is 9.78. The molecule has 0 heterocycles. The molecule has 200 valence electrons. The molecule has 1 heteroatoms. The molecule has 0 aromatic heterocycles. The summed E-state index contributed by atoms with van der Waals surface area (Å²) >= 11 is 0. The summed E-state index contributed by atoms with van der Waals surface area (Å²) in [6, 6.07) is 48.9. The molecule has 0 aliphatic heterocycles. The first kappa shape index (κ1) is 25.4. The van der Waals surface area contributed by atoms with Gasteiger partial charge in [-0.05, 0) is 86.5 Å². The average Bonchev–Trinajstić information content (AvgIpc) is 3.24. The van der Waals surface area contributed by atoms with E-state index in [1.165, 1.54) is 61.1 Å². The van der Waals surface area contributed by atoms with E-state index in [4.69, 9.17) is 0 Å². The second-order valence-corrected chi connectivity index (χ2v) is 12.0. The highest BCUT2D eigenvalue weighted by molar-refractivity contribution is 5.98. The van der Waals surface area contributed by atoms with E-state index in [-0.39, 0.29) is 5.41 Å². The number of anilines is 3. The van der Waals surface area contributed by atoms with Crippen molar-refractivity contribution in [1.82, 2.24) is 0 Å². The maximum atomic E-state index is 2.44. The normalized spacial score (nSPS) is 13.3. The minimum atomic E-state index is -0.0838. The van der Waals surface area contributed by atoms with E-state index in [9.17, 15) is 0 Å². The first-order valence-corrected chi connectivity index (χ1v) is 14.6. The molecule has 0 unspecified atom stereocenters. The Hall–Kier alpha value is -4.62. The van der Waals surface area contributed by atoms with Gasteiger partial charge in [0.15, 0.2) is 0 Å². The van der Waals surface area contributed by atoms with Crippen LogP contribution in [0.25, 0.3) is 33.0 Å². The van der Waals surface area contributed by atoms with Gasteiger partial charge in [-0.2, -0.15) is 0 Å². The minimum Gasteiger partial charge on any atom is -0.310 e. The summed E-state index contributed by atoms with van der Waals surface area (Å²) in [5.74, 6) is 0.471. The largest absolute Gasteiger partial charge is 0.310 e. The third-order valence-electron chi connectivity index (χ3n) is 8.80. The molecule has 0 N–H and O–H groups in total. The molecule has 0 bridgehead atoms. The van der Waals surface area contributed by atoms with Gasteiger partial charge in [0.25, 0.3) is 0 Å². The lowest BCUT2D eigenvalue weighted by molar-refractivity contribution is 0.659. The van der Waals surface area contributed by atoms with Gasteiger partial charge in [0.05, 0.1) is 5.69 Å². The van der Waals surface area contributed by atoms with Crippen LogP contribution in [0.2, 0.25) is 0 Å². The van der Waals surface area contributed by atoms with Gasteiger partial charge in [-0.3, -0.25) is 0 Å². The van der Waals surface area contributed by atoms with Crippen molar-refractivity contribution >= 4 is 27.8 Å². The molecule has 7 rings (SSSR count). The number of hydrogen-bond acceptors (Lipinski definition) is 1. The van der Waals surface area contributed by atoms with Crippen molar-refractivity contribution in [3.63, 3.8) is 0 Å². The van der Waals surface area contributed by atoms with E-state index in [2.05, 4.69) is 166 Å². The van der Waals surface area contributed by atoms with Gasteiger partial charge < -0.3 is 4.90 Å². The fourth-order valence-corrected chi connectivity index (χ4v) is 6.69. The molecule has 41 heavy (non-hydrogen) atoms. The molecule has 1 nitrogen and oxygen atoms in total. The lowest BCUT2D eigenvalue weighted by atomic mass is 9.81. The smallest absolute Gasteiger partial charge is 0.0546 e. The standard InChI is InChI=1S/C40H35N/c1-27(2)33-20-13-21-36-39(33)34-23-22-32(26-37(34)40(36,3)4)41(31-18-9-6-10-19-31)38-25-30-17-12-11-16-29(30)24-35(38)28-14-7-5-8-15-28/h5-27H,1-4H3. The Labute approximate surface area is 243 Å². The lowest BCUT2D eigenvalue weighted by Gasteiger charge is -2.30. The highest BCUT2D eigenvalue weighted by Gasteiger charge is 2.37. The first-order valence-electron chi connectivity index (χ1n) is 14.6. The van der Waals surface area contributed by atoms with Gasteiger partial charge in [-0.15, -0.1) is 0 Å². The van der Waals surface area contributed by atoms with E-state index in [1.807, 2.05) is 0 Å². The van der Waals surface area contributed by atoms with Crippen LogP contribution in [0.4, 0.5) is 17.1 Å². The van der Waals surface area contributed by atoms with Crippen molar-refractivity contribution in [3.05, 3.63) is 150 Å². The summed E-state index contributed by atoms with van der Waals surface area (Å²) in [5, 5.41) is 2.48. The van der Waals surface area contributed by atoms with Crippen molar-refractivity contribution in [1.29, 1.82) is 0 Å². The van der Waals surface area contributed by atoms with Crippen LogP contribution >= 0.6 is 0 Å². The minimum absolute atomic E-state index is 0.0838. The predicted molar refractivity (Wildman–Crippen MR) is 176 cm³/mol. The first-order chi connectivity index (χ1) is 19.9. The van der Waals surface area contributed by atoms with Crippen LogP contribution in [0, 0.1) is 0 Å². The predicted octanol–water partition coefficient (Wildman–Crippen LogP) is 11.4. The van der Waals surface area contributed by atoms with E-state index in [1.54, 1.807) is 0 Å². The van der Waals surface area contributed by atoms with Crippen LogP contribution in [-0.4, -0.2) is 0 Å². The summed E-state index contributed by atoms with van der Waals surface area (Å²) in [6.07, 6.45) is 0. The van der Waals surface area contributed by atoms with E-state index in [0.29, 0.717) is 5.92 Å². The fourth-order valence-electron chi connectivity index (χ4n) is 6.69. The Morgan fingerprint density at radius 2 is 1.20 bits per heavy atom. The van der Waals surface area contributed by atoms with Crippen LogP contribution in [0.5, 0.6) is 0 Å². The van der Waals surface area contributed by atoms with Gasteiger partial charge in [0.2, 0.25) is 0 Å². The fraction of sp³-hybridized carbons (Fsp3) is 0.150. The maximum Gasteiger partial charge on any atom is 0.0546 e. The Morgan fingerprint density at radius 3 is 1.90 bits per heavy atom. The van der Waals surface area contributed by atoms with Crippen LogP contribution in [0.15, 0.2) is 133 Å². The zero-order valence-corrected chi connectivity index (χ0v) is 24.2. The molecule has 0 spiro atoms. The van der Waals surface area contributed by atoms with Gasteiger partial charge in [0.1, 0.15) is 0 Å². The molecule has 1 aliphatic rings. The zero-order valence-electron chi connectivity index (χ0n) is 24.2. The summed E-state index contributed by atoms with van der Waals surface area (Å²) in [7, 11) is 0. The Balaban J connectivity index is 1.50. The van der Waals surface area contributed by atoms with Crippen LogP contribution in [0.3, 0.4) is 0 Å². The zero-order chi connectivity index (χ0) is 28.1.